The third kappa shape index (κ3) is 2.58. The van der Waals surface area contributed by atoms with Gasteiger partial charge in [0.25, 0.3) is 5.91 Å². The van der Waals surface area contributed by atoms with Crippen LogP contribution in [0.1, 0.15) is 27.3 Å². The summed E-state index contributed by atoms with van der Waals surface area (Å²) in [4.78, 5) is 18.7. The van der Waals surface area contributed by atoms with Gasteiger partial charge < -0.3 is 4.90 Å². The minimum atomic E-state index is 0.0186. The quantitative estimate of drug-likeness (QED) is 0.746. The standard InChI is InChI=1S/C19H18N4O/c1-13-3-6-16-12-23(19(24)18(16)21-13)10-14-4-7-15(8-5-14)17-9-20-22(2)11-17/h3-9,11H,10,12H2,1-2H3. The van der Waals surface area contributed by atoms with Crippen molar-refractivity contribution in [2.45, 2.75) is 20.0 Å². The SMILES string of the molecule is Cc1ccc2c(n1)C(=O)N(Cc1ccc(-c3cnn(C)c3)cc1)C2. The van der Waals surface area contributed by atoms with Crippen LogP contribution in [0.2, 0.25) is 0 Å². The molecule has 0 atom stereocenters. The summed E-state index contributed by atoms with van der Waals surface area (Å²) in [6.45, 7) is 3.14. The molecule has 1 amide bonds. The molecule has 0 unspecified atom stereocenters. The molecular formula is C19H18N4O. The van der Waals surface area contributed by atoms with Gasteiger partial charge in [-0.15, -0.1) is 0 Å². The Hall–Kier alpha value is -2.95. The van der Waals surface area contributed by atoms with Gasteiger partial charge in [0.2, 0.25) is 0 Å². The van der Waals surface area contributed by atoms with Gasteiger partial charge >= 0.3 is 0 Å². The molecule has 0 saturated carbocycles. The van der Waals surface area contributed by atoms with Crippen LogP contribution in [-0.4, -0.2) is 25.6 Å². The third-order valence-electron chi connectivity index (χ3n) is 4.33. The fraction of sp³-hybridized carbons (Fsp3) is 0.211. The van der Waals surface area contributed by atoms with Gasteiger partial charge in [0, 0.05) is 43.2 Å². The van der Waals surface area contributed by atoms with Crippen LogP contribution in [-0.2, 0) is 20.1 Å². The second-order valence-electron chi connectivity index (χ2n) is 6.22. The van der Waals surface area contributed by atoms with E-state index in [9.17, 15) is 4.79 Å². The van der Waals surface area contributed by atoms with Crippen molar-refractivity contribution >= 4 is 5.91 Å². The van der Waals surface area contributed by atoms with Crippen LogP contribution < -0.4 is 0 Å². The Bertz CT molecular complexity index is 911. The van der Waals surface area contributed by atoms with Crippen LogP contribution in [0.25, 0.3) is 11.1 Å². The van der Waals surface area contributed by atoms with Gasteiger partial charge in [-0.25, -0.2) is 4.98 Å². The molecule has 5 nitrogen and oxygen atoms in total. The minimum absolute atomic E-state index is 0.0186. The number of fused-ring (bicyclic) bond motifs is 1. The first kappa shape index (κ1) is 14.6. The normalized spacial score (nSPS) is 13.4. The molecule has 24 heavy (non-hydrogen) atoms. The molecule has 5 heteroatoms. The second-order valence-corrected chi connectivity index (χ2v) is 6.22. The highest BCUT2D eigenvalue weighted by Crippen LogP contribution is 2.24. The van der Waals surface area contributed by atoms with E-state index >= 15 is 0 Å². The molecule has 0 spiro atoms. The van der Waals surface area contributed by atoms with Crippen molar-refractivity contribution in [3.05, 3.63) is 71.3 Å². The Morgan fingerprint density at radius 1 is 1.08 bits per heavy atom. The minimum Gasteiger partial charge on any atom is -0.329 e. The largest absolute Gasteiger partial charge is 0.329 e. The van der Waals surface area contributed by atoms with Crippen molar-refractivity contribution in [3.8, 4) is 11.1 Å². The first-order chi connectivity index (χ1) is 11.6. The summed E-state index contributed by atoms with van der Waals surface area (Å²) in [6.07, 6.45) is 3.84. The highest BCUT2D eigenvalue weighted by Gasteiger charge is 2.28. The molecule has 4 rings (SSSR count). The van der Waals surface area contributed by atoms with Gasteiger partial charge in [-0.05, 0) is 24.1 Å². The molecule has 120 valence electrons. The highest BCUT2D eigenvalue weighted by atomic mass is 16.2. The van der Waals surface area contributed by atoms with Crippen LogP contribution >= 0.6 is 0 Å². The number of aryl methyl sites for hydroxylation is 2. The van der Waals surface area contributed by atoms with E-state index in [0.717, 1.165) is 27.9 Å². The summed E-state index contributed by atoms with van der Waals surface area (Å²) in [5, 5.41) is 4.20. The zero-order valence-corrected chi connectivity index (χ0v) is 13.7. The fourth-order valence-electron chi connectivity index (χ4n) is 3.05. The van der Waals surface area contributed by atoms with E-state index in [1.165, 1.54) is 0 Å². The lowest BCUT2D eigenvalue weighted by Crippen LogP contribution is -2.23. The van der Waals surface area contributed by atoms with Crippen LogP contribution in [0.3, 0.4) is 0 Å². The maximum atomic E-state index is 12.5. The number of hydrogen-bond acceptors (Lipinski definition) is 3. The average molecular weight is 318 g/mol. The van der Waals surface area contributed by atoms with E-state index in [4.69, 9.17) is 0 Å². The zero-order chi connectivity index (χ0) is 16.7. The number of rotatable bonds is 3. The van der Waals surface area contributed by atoms with Gasteiger partial charge in [-0.2, -0.15) is 5.10 Å². The summed E-state index contributed by atoms with van der Waals surface area (Å²) < 4.78 is 1.79. The molecular weight excluding hydrogens is 300 g/mol. The molecule has 0 saturated heterocycles. The van der Waals surface area contributed by atoms with Crippen molar-refractivity contribution in [3.63, 3.8) is 0 Å². The van der Waals surface area contributed by atoms with Gasteiger partial charge in [0.05, 0.1) is 6.20 Å². The smallest absolute Gasteiger partial charge is 0.273 e. The summed E-state index contributed by atoms with van der Waals surface area (Å²) >= 11 is 0. The molecule has 1 aliphatic rings. The van der Waals surface area contributed by atoms with E-state index in [-0.39, 0.29) is 5.91 Å². The van der Waals surface area contributed by atoms with Crippen molar-refractivity contribution in [2.75, 3.05) is 0 Å². The second kappa shape index (κ2) is 5.60. The Morgan fingerprint density at radius 2 is 1.88 bits per heavy atom. The molecule has 2 aromatic heterocycles. The number of amides is 1. The number of carbonyl (C=O) groups is 1. The number of carbonyl (C=O) groups excluding carboxylic acids is 1. The van der Waals surface area contributed by atoms with Crippen LogP contribution in [0.4, 0.5) is 0 Å². The lowest BCUT2D eigenvalue weighted by molar-refractivity contribution is 0.0762. The molecule has 0 N–H and O–H groups in total. The Labute approximate surface area is 140 Å². The van der Waals surface area contributed by atoms with Crippen molar-refractivity contribution in [1.29, 1.82) is 0 Å². The van der Waals surface area contributed by atoms with Gasteiger partial charge in [0.15, 0.2) is 0 Å². The van der Waals surface area contributed by atoms with Crippen molar-refractivity contribution in [2.24, 2.45) is 7.05 Å². The number of aromatic nitrogens is 3. The molecule has 0 radical (unpaired) electrons. The highest BCUT2D eigenvalue weighted by molar-refractivity contribution is 5.96. The summed E-state index contributed by atoms with van der Waals surface area (Å²) in [7, 11) is 1.91. The predicted molar refractivity (Wildman–Crippen MR) is 91.2 cm³/mol. The third-order valence-corrected chi connectivity index (χ3v) is 4.33. The van der Waals surface area contributed by atoms with E-state index in [1.54, 1.807) is 4.68 Å². The number of benzene rings is 1. The fourth-order valence-corrected chi connectivity index (χ4v) is 3.05. The van der Waals surface area contributed by atoms with Crippen molar-refractivity contribution < 1.29 is 4.79 Å². The molecule has 1 aromatic carbocycles. The monoisotopic (exact) mass is 318 g/mol. The van der Waals surface area contributed by atoms with E-state index in [0.29, 0.717) is 18.8 Å². The molecule has 3 heterocycles. The number of pyridine rings is 1. The maximum absolute atomic E-state index is 12.5. The lowest BCUT2D eigenvalue weighted by atomic mass is 10.1. The molecule has 1 aliphatic heterocycles. The summed E-state index contributed by atoms with van der Waals surface area (Å²) in [5.41, 5.74) is 5.82. The molecule has 0 bridgehead atoms. The Balaban J connectivity index is 1.51. The van der Waals surface area contributed by atoms with Gasteiger partial charge in [0.1, 0.15) is 5.69 Å². The topological polar surface area (TPSA) is 51.0 Å². The molecule has 0 fully saturated rings. The Kier molecular flexibility index (Phi) is 3.41. The summed E-state index contributed by atoms with van der Waals surface area (Å²) in [6, 6.07) is 12.2. The Morgan fingerprint density at radius 3 is 2.58 bits per heavy atom. The van der Waals surface area contributed by atoms with E-state index in [1.807, 2.05) is 43.4 Å². The van der Waals surface area contributed by atoms with Crippen LogP contribution in [0, 0.1) is 6.92 Å². The van der Waals surface area contributed by atoms with Crippen molar-refractivity contribution in [1.82, 2.24) is 19.7 Å². The lowest BCUT2D eigenvalue weighted by Gasteiger charge is -2.15. The molecule has 0 aliphatic carbocycles. The van der Waals surface area contributed by atoms with Gasteiger partial charge in [-0.3, -0.25) is 9.48 Å². The van der Waals surface area contributed by atoms with Gasteiger partial charge in [-0.1, -0.05) is 30.3 Å². The van der Waals surface area contributed by atoms with E-state index in [2.05, 4.69) is 34.3 Å². The molecule has 3 aromatic rings. The number of nitrogens with zero attached hydrogens (tertiary/aromatic N) is 4. The average Bonchev–Trinajstić information content (AvgIpc) is 3.13. The van der Waals surface area contributed by atoms with Crippen LogP contribution in [0.15, 0.2) is 48.8 Å². The maximum Gasteiger partial charge on any atom is 0.273 e. The first-order valence-electron chi connectivity index (χ1n) is 7.94. The predicted octanol–water partition coefficient (Wildman–Crippen LogP) is 2.95. The number of hydrogen-bond donors (Lipinski definition) is 0. The van der Waals surface area contributed by atoms with Crippen LogP contribution in [0.5, 0.6) is 0 Å². The van der Waals surface area contributed by atoms with E-state index < -0.39 is 0 Å². The zero-order valence-electron chi connectivity index (χ0n) is 13.7. The summed E-state index contributed by atoms with van der Waals surface area (Å²) in [5.74, 6) is 0.0186. The first-order valence-corrected chi connectivity index (χ1v) is 7.94.